The zero-order valence-corrected chi connectivity index (χ0v) is 13.8. The fourth-order valence-corrected chi connectivity index (χ4v) is 1.67. The van der Waals surface area contributed by atoms with E-state index in [-0.39, 0.29) is 5.70 Å². The molecule has 0 spiro atoms. The summed E-state index contributed by atoms with van der Waals surface area (Å²) < 4.78 is 0. The van der Waals surface area contributed by atoms with E-state index in [0.29, 0.717) is 0 Å². The molecular weight excluding hydrogens is 300 g/mol. The van der Waals surface area contributed by atoms with E-state index in [1.807, 2.05) is 44.5 Å². The molecule has 0 atom stereocenters. The highest BCUT2D eigenvalue weighted by molar-refractivity contribution is 5.88. The quantitative estimate of drug-likeness (QED) is 0.462. The largest absolute Gasteiger partial charge is 0.486 e. The molecule has 1 N–H and O–H groups in total. The van der Waals surface area contributed by atoms with Crippen molar-refractivity contribution in [3.63, 3.8) is 0 Å². The van der Waals surface area contributed by atoms with Gasteiger partial charge in [0.1, 0.15) is 0 Å². The van der Waals surface area contributed by atoms with E-state index in [9.17, 15) is 4.79 Å². The van der Waals surface area contributed by atoms with Crippen LogP contribution in [0.25, 0.3) is 10.9 Å². The van der Waals surface area contributed by atoms with E-state index in [0.717, 1.165) is 11.3 Å². The van der Waals surface area contributed by atoms with Crippen LogP contribution in [-0.4, -0.2) is 25.2 Å². The van der Waals surface area contributed by atoms with Crippen molar-refractivity contribution in [2.45, 2.75) is 0 Å². The van der Waals surface area contributed by atoms with Gasteiger partial charge in [-0.1, -0.05) is 60.7 Å². The lowest BCUT2D eigenvalue weighted by Crippen LogP contribution is -2.07. The molecule has 24 heavy (non-hydrogen) atoms. The monoisotopic (exact) mass is 320 g/mol. The number of hydrogen-bond donors (Lipinski definition) is 1. The molecule has 0 amide bonds. The Balaban J connectivity index is 2.47. The average Bonchev–Trinajstić information content (AvgIpc) is 2.56. The first-order valence-corrected chi connectivity index (χ1v) is 7.31. The van der Waals surface area contributed by atoms with Crippen molar-refractivity contribution in [3.05, 3.63) is 95.6 Å². The molecule has 0 aromatic heterocycles. The smallest absolute Gasteiger partial charge is 0.333 e. The van der Waals surface area contributed by atoms with Crippen molar-refractivity contribution in [1.29, 1.82) is 0 Å². The second-order valence-electron chi connectivity index (χ2n) is 4.97. The number of nitrogens with zero attached hydrogens (tertiary/aromatic N) is 2. The second-order valence-corrected chi connectivity index (χ2v) is 4.97. The Bertz CT molecular complexity index is 728. The maximum Gasteiger partial charge on any atom is 0.333 e. The van der Waals surface area contributed by atoms with Gasteiger partial charge in [-0.05, 0) is 23.8 Å². The van der Waals surface area contributed by atoms with Gasteiger partial charge in [0.25, 0.3) is 5.70 Å². The Labute approximate surface area is 142 Å². The van der Waals surface area contributed by atoms with Crippen molar-refractivity contribution < 1.29 is 9.90 Å². The fourth-order valence-electron chi connectivity index (χ4n) is 1.67. The minimum atomic E-state index is -1.22. The zero-order valence-electron chi connectivity index (χ0n) is 13.8. The molecule has 0 fully saturated rings. The molecule has 1 aromatic rings. The number of carbonyl (C=O) groups is 1. The third-order valence-corrected chi connectivity index (χ3v) is 2.96. The van der Waals surface area contributed by atoms with Crippen molar-refractivity contribution >= 4 is 17.7 Å². The van der Waals surface area contributed by atoms with Gasteiger partial charge in [-0.25, -0.2) is 4.85 Å². The number of benzene rings is 1. The van der Waals surface area contributed by atoms with Crippen molar-refractivity contribution in [2.24, 2.45) is 0 Å². The first-order chi connectivity index (χ1) is 11.5. The summed E-state index contributed by atoms with van der Waals surface area (Å²) in [5, 5.41) is 8.65. The highest BCUT2D eigenvalue weighted by Crippen LogP contribution is 2.13. The molecule has 4 heteroatoms. The van der Waals surface area contributed by atoms with Gasteiger partial charge in [0.15, 0.2) is 0 Å². The van der Waals surface area contributed by atoms with Crippen LogP contribution < -0.4 is 4.90 Å². The summed E-state index contributed by atoms with van der Waals surface area (Å²) in [6, 6.07) is 8.25. The van der Waals surface area contributed by atoms with Crippen LogP contribution in [0.15, 0.2) is 78.6 Å². The van der Waals surface area contributed by atoms with Crippen molar-refractivity contribution in [2.75, 3.05) is 19.0 Å². The van der Waals surface area contributed by atoms with E-state index >= 15 is 0 Å². The molecule has 0 saturated carbocycles. The molecule has 1 rings (SSSR count). The summed E-state index contributed by atoms with van der Waals surface area (Å²) in [5.74, 6) is -1.22. The fraction of sp³-hybridized carbons (Fsp3) is 0.100. The summed E-state index contributed by atoms with van der Waals surface area (Å²) in [4.78, 5) is 15.5. The Morgan fingerprint density at radius 2 is 1.54 bits per heavy atom. The van der Waals surface area contributed by atoms with Gasteiger partial charge in [-0.2, -0.15) is 0 Å². The van der Waals surface area contributed by atoms with Gasteiger partial charge < -0.3 is 10.0 Å². The van der Waals surface area contributed by atoms with Crippen LogP contribution in [-0.2, 0) is 4.79 Å². The molecule has 0 aliphatic heterocycles. The van der Waals surface area contributed by atoms with Crippen LogP contribution in [0.1, 0.15) is 5.56 Å². The summed E-state index contributed by atoms with van der Waals surface area (Å²) in [5.41, 5.74) is 1.98. The van der Waals surface area contributed by atoms with Gasteiger partial charge in [0, 0.05) is 19.8 Å². The van der Waals surface area contributed by atoms with Gasteiger partial charge in [0.2, 0.25) is 0 Å². The minimum Gasteiger partial charge on any atom is -0.486 e. The Morgan fingerprint density at radius 1 is 1.00 bits per heavy atom. The van der Waals surface area contributed by atoms with Crippen LogP contribution >= 0.6 is 0 Å². The summed E-state index contributed by atoms with van der Waals surface area (Å²) in [7, 11) is 4.02. The summed E-state index contributed by atoms with van der Waals surface area (Å²) in [6.45, 7) is 6.69. The lowest BCUT2D eigenvalue weighted by Gasteiger charge is -2.11. The predicted octanol–water partition coefficient (Wildman–Crippen LogP) is 4.32. The van der Waals surface area contributed by atoms with E-state index in [2.05, 4.69) is 34.0 Å². The van der Waals surface area contributed by atoms with Gasteiger partial charge >= 0.3 is 5.97 Å². The number of rotatable bonds is 7. The number of hydrogen-bond acceptors (Lipinski definition) is 2. The molecule has 0 aliphatic carbocycles. The maximum absolute atomic E-state index is 10.6. The molecule has 0 heterocycles. The first-order valence-electron chi connectivity index (χ1n) is 7.31. The predicted molar refractivity (Wildman–Crippen MR) is 99.5 cm³/mol. The Hall–Kier alpha value is -3.32. The van der Waals surface area contributed by atoms with Crippen LogP contribution in [0.4, 0.5) is 5.69 Å². The standard InChI is InChI=1S/C20H20N2O2/c1-21-19(20(23)24)12-10-8-6-4-5-7-9-11-17-13-15-18(16-14-17)22(2)3/h4-16H,2-3H3,(H,23,24)/b6-4+,7-5+,10-8+,11-9+,19-12-. The number of carboxylic acids is 1. The molecule has 0 saturated heterocycles. The van der Waals surface area contributed by atoms with E-state index < -0.39 is 5.97 Å². The van der Waals surface area contributed by atoms with Crippen molar-refractivity contribution in [3.8, 4) is 0 Å². The van der Waals surface area contributed by atoms with Gasteiger partial charge in [-0.15, -0.1) is 0 Å². The summed E-state index contributed by atoms with van der Waals surface area (Å²) in [6.07, 6.45) is 15.8. The van der Waals surface area contributed by atoms with E-state index in [1.54, 1.807) is 12.2 Å². The van der Waals surface area contributed by atoms with Crippen LogP contribution in [0.5, 0.6) is 0 Å². The number of aliphatic carboxylic acids is 1. The molecule has 0 unspecified atom stereocenters. The highest BCUT2D eigenvalue weighted by Gasteiger charge is 2.02. The van der Waals surface area contributed by atoms with Crippen LogP contribution in [0.2, 0.25) is 0 Å². The van der Waals surface area contributed by atoms with Crippen molar-refractivity contribution in [1.82, 2.24) is 0 Å². The third kappa shape index (κ3) is 7.10. The number of allylic oxidation sites excluding steroid dienone is 8. The SMILES string of the molecule is [C-]#[N+]\C(=C/C=C/C=C/C=C/C=C/c1ccc(N(C)C)cc1)C(=O)O. The molecule has 1 aromatic carbocycles. The van der Waals surface area contributed by atoms with E-state index in [1.165, 1.54) is 12.2 Å². The van der Waals surface area contributed by atoms with Gasteiger partial charge in [-0.3, -0.25) is 4.79 Å². The second kappa shape index (κ2) is 10.4. The topological polar surface area (TPSA) is 44.9 Å². The Morgan fingerprint density at radius 3 is 2.04 bits per heavy atom. The third-order valence-electron chi connectivity index (χ3n) is 2.96. The normalized spacial score (nSPS) is 12.5. The molecule has 0 radical (unpaired) electrons. The minimum absolute atomic E-state index is 0.307. The lowest BCUT2D eigenvalue weighted by atomic mass is 10.2. The number of carboxylic acid groups (broad SMARTS) is 1. The van der Waals surface area contributed by atoms with Gasteiger partial charge in [0.05, 0.1) is 6.57 Å². The molecule has 0 bridgehead atoms. The van der Waals surface area contributed by atoms with E-state index in [4.69, 9.17) is 11.7 Å². The average molecular weight is 320 g/mol. The lowest BCUT2D eigenvalue weighted by molar-refractivity contribution is -0.132. The molecular formula is C20H20N2O2. The highest BCUT2D eigenvalue weighted by atomic mass is 16.4. The Kier molecular flexibility index (Phi) is 8.13. The molecule has 122 valence electrons. The van der Waals surface area contributed by atoms with Crippen LogP contribution in [0.3, 0.4) is 0 Å². The molecule has 4 nitrogen and oxygen atoms in total. The summed E-state index contributed by atoms with van der Waals surface area (Å²) >= 11 is 0. The van der Waals surface area contributed by atoms with Crippen LogP contribution in [0, 0.1) is 6.57 Å². The maximum atomic E-state index is 10.6. The zero-order chi connectivity index (χ0) is 17.8. The first kappa shape index (κ1) is 18.7. The molecule has 0 aliphatic rings. The number of anilines is 1.